The number of hydrogen-bond donors (Lipinski definition) is 1. The van der Waals surface area contributed by atoms with Gasteiger partial charge in [-0.2, -0.15) is 0 Å². The highest BCUT2D eigenvalue weighted by atomic mass is 19.1. The van der Waals surface area contributed by atoms with Crippen molar-refractivity contribution < 1.29 is 9.18 Å². The van der Waals surface area contributed by atoms with Gasteiger partial charge < -0.3 is 5.32 Å². The molecule has 0 unspecified atom stereocenters. The molecule has 0 atom stereocenters. The minimum Gasteiger partial charge on any atom is -0.309 e. The molecule has 0 fully saturated rings. The Balaban J connectivity index is 1.75. The number of carbonyl (C=O) groups is 1. The summed E-state index contributed by atoms with van der Waals surface area (Å²) in [5.41, 5.74) is 4.28. The predicted octanol–water partition coefficient (Wildman–Crippen LogP) is 3.94. The van der Waals surface area contributed by atoms with Crippen LogP contribution in [0.15, 0.2) is 53.2 Å². The number of amidine groups is 1. The third kappa shape index (κ3) is 3.59. The van der Waals surface area contributed by atoms with Gasteiger partial charge in [-0.3, -0.25) is 4.79 Å². The quantitative estimate of drug-likeness (QED) is 0.851. The molecule has 0 radical (unpaired) electrons. The topological polar surface area (TPSA) is 41.5 Å². The van der Waals surface area contributed by atoms with Crippen molar-refractivity contribution in [3.05, 3.63) is 76.2 Å². The zero-order valence-corrected chi connectivity index (χ0v) is 13.8. The van der Waals surface area contributed by atoms with E-state index in [4.69, 9.17) is 0 Å². The minimum absolute atomic E-state index is 0.210. The van der Waals surface area contributed by atoms with Gasteiger partial charge in [0.15, 0.2) is 0 Å². The van der Waals surface area contributed by atoms with Gasteiger partial charge >= 0.3 is 0 Å². The Morgan fingerprint density at radius 3 is 2.67 bits per heavy atom. The lowest BCUT2D eigenvalue weighted by molar-refractivity contribution is -0.115. The van der Waals surface area contributed by atoms with E-state index in [1.54, 1.807) is 24.3 Å². The summed E-state index contributed by atoms with van der Waals surface area (Å²) < 4.78 is 13.6. The Morgan fingerprint density at radius 2 is 1.92 bits per heavy atom. The summed E-state index contributed by atoms with van der Waals surface area (Å²) in [6.45, 7) is 4.04. The number of rotatable bonds is 4. The molecule has 0 saturated carbocycles. The third-order valence-electron chi connectivity index (χ3n) is 4.05. The number of carbonyl (C=O) groups excluding carboxylic acids is 1. The van der Waals surface area contributed by atoms with Gasteiger partial charge in [-0.05, 0) is 49.1 Å². The van der Waals surface area contributed by atoms with E-state index in [1.165, 1.54) is 11.6 Å². The van der Waals surface area contributed by atoms with Crippen molar-refractivity contribution in [1.82, 2.24) is 5.32 Å². The summed E-state index contributed by atoms with van der Waals surface area (Å²) in [4.78, 5) is 16.4. The summed E-state index contributed by atoms with van der Waals surface area (Å²) in [5, 5.41) is 2.77. The van der Waals surface area contributed by atoms with Crippen LogP contribution in [0.3, 0.4) is 0 Å². The highest BCUT2D eigenvalue weighted by Crippen LogP contribution is 2.18. The minimum atomic E-state index is -0.228. The van der Waals surface area contributed by atoms with Crippen molar-refractivity contribution in [1.29, 1.82) is 0 Å². The maximum Gasteiger partial charge on any atom is 0.275 e. The first-order chi connectivity index (χ1) is 11.5. The van der Waals surface area contributed by atoms with Crippen molar-refractivity contribution in [2.75, 3.05) is 0 Å². The number of aliphatic imine (C=N–C) groups is 1. The molecule has 1 amide bonds. The Kier molecular flexibility index (Phi) is 4.56. The van der Waals surface area contributed by atoms with Gasteiger partial charge in [0.25, 0.3) is 5.91 Å². The molecule has 3 rings (SSSR count). The Bertz CT molecular complexity index is 852. The van der Waals surface area contributed by atoms with Crippen LogP contribution in [0.1, 0.15) is 28.7 Å². The van der Waals surface area contributed by atoms with Gasteiger partial charge in [-0.1, -0.05) is 42.0 Å². The molecule has 0 bridgehead atoms. The molecular weight excluding hydrogens is 303 g/mol. The fourth-order valence-corrected chi connectivity index (χ4v) is 2.72. The molecule has 122 valence electrons. The zero-order valence-electron chi connectivity index (χ0n) is 13.8. The summed E-state index contributed by atoms with van der Waals surface area (Å²) in [7, 11) is 0. The van der Waals surface area contributed by atoms with E-state index < -0.39 is 0 Å². The van der Waals surface area contributed by atoms with Crippen molar-refractivity contribution in [2.45, 2.75) is 26.7 Å². The summed E-state index contributed by atoms with van der Waals surface area (Å²) in [6.07, 6.45) is 2.79. The second-order valence-electron chi connectivity index (χ2n) is 5.99. The molecule has 0 aromatic heterocycles. The fraction of sp³-hybridized carbons (Fsp3) is 0.200. The largest absolute Gasteiger partial charge is 0.309 e. The lowest BCUT2D eigenvalue weighted by Crippen LogP contribution is -2.24. The van der Waals surface area contributed by atoms with Crippen molar-refractivity contribution >= 4 is 17.8 Å². The lowest BCUT2D eigenvalue weighted by Gasteiger charge is -2.02. The number of amides is 1. The molecule has 2 aromatic carbocycles. The average molecular weight is 322 g/mol. The third-order valence-corrected chi connectivity index (χ3v) is 4.05. The van der Waals surface area contributed by atoms with Gasteiger partial charge in [0, 0.05) is 6.42 Å². The van der Waals surface area contributed by atoms with E-state index >= 15 is 0 Å². The Labute approximate surface area is 140 Å². The van der Waals surface area contributed by atoms with Crippen LogP contribution in [0.2, 0.25) is 0 Å². The van der Waals surface area contributed by atoms with Crippen molar-refractivity contribution in [3.63, 3.8) is 0 Å². The van der Waals surface area contributed by atoms with E-state index in [0.29, 0.717) is 29.9 Å². The standard InChI is InChI=1S/C20H19FN2O/c1-13-7-8-16(14(2)11-13)12-18-20(24)23-19(22-18)10-9-15-5-3-4-6-17(15)21/h3-8,11-12H,9-10H2,1-2H3,(H,22,23,24)/b18-12-. The van der Waals surface area contributed by atoms with Crippen LogP contribution in [0.25, 0.3) is 6.08 Å². The van der Waals surface area contributed by atoms with Gasteiger partial charge in [-0.15, -0.1) is 0 Å². The van der Waals surface area contributed by atoms with Crippen LogP contribution in [0.5, 0.6) is 0 Å². The summed E-state index contributed by atoms with van der Waals surface area (Å²) >= 11 is 0. The van der Waals surface area contributed by atoms with Crippen LogP contribution in [0, 0.1) is 19.7 Å². The van der Waals surface area contributed by atoms with Crippen molar-refractivity contribution in [3.8, 4) is 0 Å². The molecule has 0 saturated heterocycles. The summed E-state index contributed by atoms with van der Waals surface area (Å²) in [6, 6.07) is 12.7. The van der Waals surface area contributed by atoms with Crippen LogP contribution in [-0.2, 0) is 11.2 Å². The number of halogens is 1. The van der Waals surface area contributed by atoms with Gasteiger partial charge in [0.1, 0.15) is 17.3 Å². The van der Waals surface area contributed by atoms with Crippen LogP contribution in [-0.4, -0.2) is 11.7 Å². The van der Waals surface area contributed by atoms with Crippen LogP contribution >= 0.6 is 0 Å². The second-order valence-corrected chi connectivity index (χ2v) is 5.99. The number of nitrogens with zero attached hydrogens (tertiary/aromatic N) is 1. The van der Waals surface area contributed by atoms with E-state index in [2.05, 4.69) is 16.4 Å². The first-order valence-electron chi connectivity index (χ1n) is 7.94. The average Bonchev–Trinajstić information content (AvgIpc) is 2.89. The maximum atomic E-state index is 13.6. The normalized spacial score (nSPS) is 15.5. The van der Waals surface area contributed by atoms with Crippen molar-refractivity contribution in [2.24, 2.45) is 4.99 Å². The highest BCUT2D eigenvalue weighted by Gasteiger charge is 2.20. The summed E-state index contributed by atoms with van der Waals surface area (Å²) in [5.74, 6) is 0.145. The van der Waals surface area contributed by atoms with Gasteiger partial charge in [-0.25, -0.2) is 9.38 Å². The predicted molar refractivity (Wildman–Crippen MR) is 94.2 cm³/mol. The van der Waals surface area contributed by atoms with E-state index in [1.807, 2.05) is 26.0 Å². The van der Waals surface area contributed by atoms with Gasteiger partial charge in [0.2, 0.25) is 0 Å². The molecule has 1 aliphatic heterocycles. The van der Waals surface area contributed by atoms with E-state index in [0.717, 1.165) is 11.1 Å². The molecule has 1 heterocycles. The first kappa shape index (κ1) is 16.1. The molecular formula is C20H19FN2O. The molecule has 24 heavy (non-hydrogen) atoms. The molecule has 2 aromatic rings. The highest BCUT2D eigenvalue weighted by molar-refractivity contribution is 6.14. The first-order valence-corrected chi connectivity index (χ1v) is 7.94. The number of hydrogen-bond acceptors (Lipinski definition) is 2. The SMILES string of the molecule is Cc1ccc(/C=C2\N=C(CCc3ccccc3F)NC2=O)c(C)c1. The lowest BCUT2D eigenvalue weighted by atomic mass is 10.0. The molecule has 1 aliphatic rings. The fourth-order valence-electron chi connectivity index (χ4n) is 2.72. The van der Waals surface area contributed by atoms with E-state index in [-0.39, 0.29) is 11.7 Å². The maximum absolute atomic E-state index is 13.6. The van der Waals surface area contributed by atoms with Crippen LogP contribution < -0.4 is 5.32 Å². The van der Waals surface area contributed by atoms with E-state index in [9.17, 15) is 9.18 Å². The monoisotopic (exact) mass is 322 g/mol. The molecule has 1 N–H and O–H groups in total. The second kappa shape index (κ2) is 6.79. The molecule has 3 nitrogen and oxygen atoms in total. The zero-order chi connectivity index (χ0) is 17.1. The molecule has 4 heteroatoms. The number of nitrogens with one attached hydrogen (secondary N) is 1. The molecule has 0 spiro atoms. The van der Waals surface area contributed by atoms with Crippen LogP contribution in [0.4, 0.5) is 4.39 Å². The number of benzene rings is 2. The number of aryl methyl sites for hydroxylation is 3. The Hall–Kier alpha value is -2.75. The molecule has 0 aliphatic carbocycles. The Morgan fingerprint density at radius 1 is 1.12 bits per heavy atom. The smallest absolute Gasteiger partial charge is 0.275 e. The van der Waals surface area contributed by atoms with Gasteiger partial charge in [0.05, 0.1) is 0 Å².